The lowest BCUT2D eigenvalue weighted by Gasteiger charge is -2.28. The van der Waals surface area contributed by atoms with Gasteiger partial charge in [0.15, 0.2) is 5.82 Å². The summed E-state index contributed by atoms with van der Waals surface area (Å²) in [5.74, 6) is -0.123. The highest BCUT2D eigenvalue weighted by Gasteiger charge is 2.20. The summed E-state index contributed by atoms with van der Waals surface area (Å²) in [6.45, 7) is 7.67. The zero-order chi connectivity index (χ0) is 19.4. The topological polar surface area (TPSA) is 71.5 Å². The molecule has 0 spiro atoms. The molecule has 1 aromatic carbocycles. The normalized spacial score (nSPS) is 12.8. The van der Waals surface area contributed by atoms with Crippen LogP contribution >= 0.6 is 11.3 Å². The van der Waals surface area contributed by atoms with Crippen LogP contribution in [-0.4, -0.2) is 38.4 Å². The van der Waals surface area contributed by atoms with E-state index in [-0.39, 0.29) is 12.6 Å². The van der Waals surface area contributed by atoms with Crippen molar-refractivity contribution >= 4 is 11.3 Å². The van der Waals surface area contributed by atoms with Crippen LogP contribution < -0.4 is 5.76 Å². The van der Waals surface area contributed by atoms with E-state index in [0.29, 0.717) is 12.4 Å². The van der Waals surface area contributed by atoms with E-state index in [2.05, 4.69) is 43.0 Å². The third-order valence-electron chi connectivity index (χ3n) is 4.44. The minimum atomic E-state index is -0.715. The van der Waals surface area contributed by atoms with Crippen LogP contribution in [0.3, 0.4) is 0 Å². The number of aromatic nitrogens is 2. The Bertz CT molecular complexity index is 914. The Kier molecular flexibility index (Phi) is 6.26. The molecule has 1 atom stereocenters. The van der Waals surface area contributed by atoms with Gasteiger partial charge in [-0.1, -0.05) is 35.5 Å². The van der Waals surface area contributed by atoms with Gasteiger partial charge in [0.1, 0.15) is 0 Å². The summed E-state index contributed by atoms with van der Waals surface area (Å²) in [6.07, 6.45) is -0.715. The summed E-state index contributed by atoms with van der Waals surface area (Å²) in [5.41, 5.74) is 0.783. The van der Waals surface area contributed by atoms with E-state index >= 15 is 0 Å². The second-order valence-corrected chi connectivity index (χ2v) is 8.31. The van der Waals surface area contributed by atoms with Crippen molar-refractivity contribution < 1.29 is 9.63 Å². The molecule has 0 bridgehead atoms. The van der Waals surface area contributed by atoms with Gasteiger partial charge in [-0.25, -0.2) is 4.79 Å². The monoisotopic (exact) mass is 387 g/mol. The molecule has 6 nitrogen and oxygen atoms in total. The van der Waals surface area contributed by atoms with Gasteiger partial charge >= 0.3 is 5.76 Å². The summed E-state index contributed by atoms with van der Waals surface area (Å²) >= 11 is 1.76. The van der Waals surface area contributed by atoms with Crippen molar-refractivity contribution in [1.29, 1.82) is 0 Å². The second-order valence-electron chi connectivity index (χ2n) is 6.94. The van der Waals surface area contributed by atoms with Crippen LogP contribution in [0.1, 0.15) is 23.6 Å². The first-order valence-corrected chi connectivity index (χ1v) is 9.85. The molecule has 0 fully saturated rings. The highest BCUT2D eigenvalue weighted by Crippen LogP contribution is 2.19. The van der Waals surface area contributed by atoms with Gasteiger partial charge in [0.25, 0.3) is 0 Å². The number of hydrogen-bond donors (Lipinski definition) is 1. The minimum Gasteiger partial charge on any atom is -0.390 e. The van der Waals surface area contributed by atoms with Crippen LogP contribution in [-0.2, 0) is 13.1 Å². The largest absolute Gasteiger partial charge is 0.441 e. The van der Waals surface area contributed by atoms with Crippen molar-refractivity contribution in [3.63, 3.8) is 0 Å². The standard InChI is InChI=1S/C20H25N3O3S/c1-14(2)22(13-18-10-9-15(3)27-18)11-17(24)12-23-19(21-26-20(23)25)16-7-5-4-6-8-16/h4-10,14,17,24H,11-13H2,1-3H3. The minimum absolute atomic E-state index is 0.138. The molecule has 0 radical (unpaired) electrons. The first-order chi connectivity index (χ1) is 12.9. The summed E-state index contributed by atoms with van der Waals surface area (Å²) in [6, 6.07) is 13.9. The van der Waals surface area contributed by atoms with Gasteiger partial charge in [-0.15, -0.1) is 11.3 Å². The van der Waals surface area contributed by atoms with Crippen molar-refractivity contribution in [2.24, 2.45) is 0 Å². The first-order valence-electron chi connectivity index (χ1n) is 9.03. The summed E-state index contributed by atoms with van der Waals surface area (Å²) in [4.78, 5) is 16.8. The Morgan fingerprint density at radius 3 is 2.59 bits per heavy atom. The van der Waals surface area contributed by atoms with E-state index < -0.39 is 11.9 Å². The maximum absolute atomic E-state index is 12.1. The molecule has 0 saturated carbocycles. The van der Waals surface area contributed by atoms with Crippen molar-refractivity contribution in [3.8, 4) is 11.4 Å². The number of hydrogen-bond acceptors (Lipinski definition) is 6. The fourth-order valence-electron chi connectivity index (χ4n) is 2.99. The zero-order valence-electron chi connectivity index (χ0n) is 15.8. The van der Waals surface area contributed by atoms with E-state index in [0.717, 1.165) is 12.1 Å². The molecule has 0 aliphatic rings. The Morgan fingerprint density at radius 2 is 1.96 bits per heavy atom. The molecule has 1 unspecified atom stereocenters. The molecule has 7 heteroatoms. The molecule has 3 aromatic rings. The van der Waals surface area contributed by atoms with E-state index in [1.54, 1.807) is 11.3 Å². The fraction of sp³-hybridized carbons (Fsp3) is 0.400. The van der Waals surface area contributed by atoms with Crippen molar-refractivity contribution in [2.75, 3.05) is 6.54 Å². The number of benzene rings is 1. The Morgan fingerprint density at radius 1 is 1.22 bits per heavy atom. The molecule has 0 aliphatic heterocycles. The van der Waals surface area contributed by atoms with Gasteiger partial charge in [0, 0.05) is 34.4 Å². The number of aryl methyl sites for hydroxylation is 1. The molecule has 2 heterocycles. The quantitative estimate of drug-likeness (QED) is 0.643. The molecule has 1 N–H and O–H groups in total. The molecule has 0 aliphatic carbocycles. The lowest BCUT2D eigenvalue weighted by atomic mass is 10.2. The number of thiophene rings is 1. The molecule has 2 aromatic heterocycles. The number of rotatable bonds is 8. The van der Waals surface area contributed by atoms with E-state index in [1.807, 2.05) is 30.3 Å². The Balaban J connectivity index is 1.72. The van der Waals surface area contributed by atoms with Crippen molar-refractivity contribution in [2.45, 2.75) is 46.0 Å². The third kappa shape index (κ3) is 4.94. The van der Waals surface area contributed by atoms with E-state index in [9.17, 15) is 9.90 Å². The highest BCUT2D eigenvalue weighted by molar-refractivity contribution is 7.11. The van der Waals surface area contributed by atoms with Crippen LogP contribution in [0.4, 0.5) is 0 Å². The lowest BCUT2D eigenvalue weighted by molar-refractivity contribution is 0.0781. The van der Waals surface area contributed by atoms with Crippen LogP contribution in [0.15, 0.2) is 51.8 Å². The van der Waals surface area contributed by atoms with Crippen molar-refractivity contribution in [1.82, 2.24) is 14.6 Å². The number of aliphatic hydroxyl groups excluding tert-OH is 1. The average molecular weight is 388 g/mol. The van der Waals surface area contributed by atoms with Crippen LogP contribution in [0.2, 0.25) is 0 Å². The smallest absolute Gasteiger partial charge is 0.390 e. The first kappa shape index (κ1) is 19.5. The average Bonchev–Trinajstić information content (AvgIpc) is 3.21. The number of nitrogens with zero attached hydrogens (tertiary/aromatic N) is 3. The predicted molar refractivity (Wildman–Crippen MR) is 107 cm³/mol. The zero-order valence-corrected chi connectivity index (χ0v) is 16.6. The van der Waals surface area contributed by atoms with Gasteiger partial charge in [0.05, 0.1) is 12.6 Å². The van der Waals surface area contributed by atoms with Gasteiger partial charge in [0.2, 0.25) is 0 Å². The lowest BCUT2D eigenvalue weighted by Crippen LogP contribution is -2.39. The summed E-state index contributed by atoms with van der Waals surface area (Å²) in [5, 5.41) is 14.5. The van der Waals surface area contributed by atoms with E-state index in [4.69, 9.17) is 4.52 Å². The highest BCUT2D eigenvalue weighted by atomic mass is 32.1. The second kappa shape index (κ2) is 8.65. The van der Waals surface area contributed by atoms with Gasteiger partial charge in [-0.05, 0) is 32.9 Å². The molecule has 3 rings (SSSR count). The van der Waals surface area contributed by atoms with Gasteiger partial charge in [-0.2, -0.15) is 0 Å². The van der Waals surface area contributed by atoms with E-state index in [1.165, 1.54) is 14.3 Å². The summed E-state index contributed by atoms with van der Waals surface area (Å²) < 4.78 is 6.23. The van der Waals surface area contributed by atoms with Crippen LogP contribution in [0.25, 0.3) is 11.4 Å². The third-order valence-corrected chi connectivity index (χ3v) is 5.43. The van der Waals surface area contributed by atoms with Crippen LogP contribution in [0.5, 0.6) is 0 Å². The summed E-state index contributed by atoms with van der Waals surface area (Å²) in [7, 11) is 0. The van der Waals surface area contributed by atoms with Crippen LogP contribution in [0, 0.1) is 6.92 Å². The maximum atomic E-state index is 12.1. The molecule has 144 valence electrons. The predicted octanol–water partition coefficient (Wildman–Crippen LogP) is 3.14. The molecular weight excluding hydrogens is 362 g/mol. The molecule has 0 saturated heterocycles. The Labute approximate surface area is 162 Å². The molecule has 27 heavy (non-hydrogen) atoms. The van der Waals surface area contributed by atoms with Crippen molar-refractivity contribution in [3.05, 3.63) is 62.8 Å². The number of aliphatic hydroxyl groups is 1. The molecule has 0 amide bonds. The molecular formula is C20H25N3O3S. The Hall–Kier alpha value is -2.22. The SMILES string of the molecule is Cc1ccc(CN(CC(O)Cn2c(-c3ccccc3)noc2=O)C(C)C)s1. The van der Waals surface area contributed by atoms with Gasteiger partial charge in [-0.3, -0.25) is 14.0 Å². The fourth-order valence-corrected chi connectivity index (χ4v) is 3.91. The van der Waals surface area contributed by atoms with Gasteiger partial charge < -0.3 is 5.11 Å². The maximum Gasteiger partial charge on any atom is 0.441 e.